The number of nitrogens with zero attached hydrogens (tertiary/aromatic N) is 3. The largest absolute Gasteiger partial charge is 0.480 e. The summed E-state index contributed by atoms with van der Waals surface area (Å²) in [6, 6.07) is 2.24. The molecule has 90 valence electrons. The Bertz CT molecular complexity index is 445. The van der Waals surface area contributed by atoms with Crippen LogP contribution >= 0.6 is 0 Å². The van der Waals surface area contributed by atoms with Crippen LogP contribution in [-0.4, -0.2) is 33.6 Å². The molecule has 1 fully saturated rings. The van der Waals surface area contributed by atoms with Crippen LogP contribution in [0, 0.1) is 10.1 Å². The summed E-state index contributed by atoms with van der Waals surface area (Å²) in [5, 5.41) is 19.5. The summed E-state index contributed by atoms with van der Waals surface area (Å²) in [6.07, 6.45) is 2.51. The lowest BCUT2D eigenvalue weighted by atomic mass is 10.2. The smallest absolute Gasteiger partial charge is 0.326 e. The molecule has 0 bridgehead atoms. The highest BCUT2D eigenvalue weighted by Crippen LogP contribution is 2.25. The third-order valence-corrected chi connectivity index (χ3v) is 2.78. The predicted molar refractivity (Wildman–Crippen MR) is 58.9 cm³/mol. The molecule has 0 radical (unpaired) electrons. The van der Waals surface area contributed by atoms with Crippen molar-refractivity contribution in [1.29, 1.82) is 0 Å². The van der Waals surface area contributed by atoms with E-state index in [1.807, 2.05) is 0 Å². The van der Waals surface area contributed by atoms with Gasteiger partial charge in [0.05, 0.1) is 4.92 Å². The molecule has 1 saturated heterocycles. The average molecular weight is 237 g/mol. The SMILES string of the molecule is O=C(O)C1CCCN1c1ccc([N+](=O)[O-])cn1. The van der Waals surface area contributed by atoms with Crippen LogP contribution in [0.1, 0.15) is 12.8 Å². The highest BCUT2D eigenvalue weighted by molar-refractivity contribution is 5.78. The second-order valence-corrected chi connectivity index (χ2v) is 3.82. The summed E-state index contributed by atoms with van der Waals surface area (Å²) in [6.45, 7) is 0.613. The third-order valence-electron chi connectivity index (χ3n) is 2.78. The lowest BCUT2D eigenvalue weighted by molar-refractivity contribution is -0.385. The number of aliphatic carboxylic acids is 1. The summed E-state index contributed by atoms with van der Waals surface area (Å²) in [5.74, 6) is -0.414. The van der Waals surface area contributed by atoms with Gasteiger partial charge in [-0.15, -0.1) is 0 Å². The Morgan fingerprint density at radius 3 is 2.88 bits per heavy atom. The van der Waals surface area contributed by atoms with Crippen molar-refractivity contribution < 1.29 is 14.8 Å². The zero-order valence-electron chi connectivity index (χ0n) is 8.94. The summed E-state index contributed by atoms with van der Waals surface area (Å²) in [4.78, 5) is 26.5. The van der Waals surface area contributed by atoms with E-state index in [0.29, 0.717) is 18.8 Å². The van der Waals surface area contributed by atoms with Gasteiger partial charge in [0.2, 0.25) is 0 Å². The first kappa shape index (κ1) is 11.3. The van der Waals surface area contributed by atoms with Crippen molar-refractivity contribution in [3.8, 4) is 0 Å². The molecule has 2 rings (SSSR count). The Morgan fingerprint density at radius 2 is 2.35 bits per heavy atom. The minimum absolute atomic E-state index is 0.0974. The van der Waals surface area contributed by atoms with Crippen LogP contribution in [0.25, 0.3) is 0 Å². The van der Waals surface area contributed by atoms with Crippen molar-refractivity contribution in [2.24, 2.45) is 0 Å². The fourth-order valence-corrected chi connectivity index (χ4v) is 1.95. The number of carboxylic acids is 1. The molecule has 1 aliphatic heterocycles. The average Bonchev–Trinajstić information content (AvgIpc) is 2.78. The van der Waals surface area contributed by atoms with Crippen LogP contribution in [0.3, 0.4) is 0 Å². The highest BCUT2D eigenvalue weighted by Gasteiger charge is 2.31. The van der Waals surface area contributed by atoms with Crippen molar-refractivity contribution in [2.75, 3.05) is 11.4 Å². The van der Waals surface area contributed by atoms with Crippen LogP contribution in [0.2, 0.25) is 0 Å². The minimum Gasteiger partial charge on any atom is -0.480 e. The number of rotatable bonds is 3. The first-order chi connectivity index (χ1) is 8.09. The maximum Gasteiger partial charge on any atom is 0.326 e. The number of carboxylic acid groups (broad SMARTS) is 1. The van der Waals surface area contributed by atoms with E-state index in [1.54, 1.807) is 4.90 Å². The standard InChI is InChI=1S/C10H11N3O4/c14-10(15)8-2-1-5-12(8)9-4-3-7(6-11-9)13(16)17/h3-4,6,8H,1-2,5H2,(H,14,15). The summed E-state index contributed by atoms with van der Waals surface area (Å²) in [5.41, 5.74) is -0.0974. The van der Waals surface area contributed by atoms with Gasteiger partial charge in [-0.2, -0.15) is 0 Å². The molecular weight excluding hydrogens is 226 g/mol. The van der Waals surface area contributed by atoms with Crippen molar-refractivity contribution >= 4 is 17.5 Å². The van der Waals surface area contributed by atoms with Gasteiger partial charge < -0.3 is 10.0 Å². The summed E-state index contributed by atoms with van der Waals surface area (Å²) in [7, 11) is 0. The number of carbonyl (C=O) groups is 1. The first-order valence-electron chi connectivity index (χ1n) is 5.19. The molecule has 1 aromatic heterocycles. The highest BCUT2D eigenvalue weighted by atomic mass is 16.6. The van der Waals surface area contributed by atoms with Crippen LogP contribution in [0.4, 0.5) is 11.5 Å². The fraction of sp³-hybridized carbons (Fsp3) is 0.400. The fourth-order valence-electron chi connectivity index (χ4n) is 1.95. The van der Waals surface area contributed by atoms with Gasteiger partial charge in [0.15, 0.2) is 0 Å². The van der Waals surface area contributed by atoms with Crippen LogP contribution < -0.4 is 4.90 Å². The normalized spacial score (nSPS) is 19.3. The lowest BCUT2D eigenvalue weighted by Gasteiger charge is -2.21. The quantitative estimate of drug-likeness (QED) is 0.623. The van der Waals surface area contributed by atoms with E-state index >= 15 is 0 Å². The van der Waals surface area contributed by atoms with E-state index in [9.17, 15) is 14.9 Å². The Labute approximate surface area is 96.8 Å². The topological polar surface area (TPSA) is 96.6 Å². The van der Waals surface area contributed by atoms with Crippen molar-refractivity contribution in [3.05, 3.63) is 28.4 Å². The van der Waals surface area contributed by atoms with Crippen molar-refractivity contribution in [2.45, 2.75) is 18.9 Å². The second-order valence-electron chi connectivity index (χ2n) is 3.82. The molecule has 0 spiro atoms. The Balaban J connectivity index is 2.22. The van der Waals surface area contributed by atoms with E-state index in [0.717, 1.165) is 12.6 Å². The molecule has 0 aromatic carbocycles. The molecular formula is C10H11N3O4. The molecule has 1 aliphatic rings. The molecule has 0 aliphatic carbocycles. The summed E-state index contributed by atoms with van der Waals surface area (Å²) >= 11 is 0. The van der Waals surface area contributed by atoms with Gasteiger partial charge in [0.1, 0.15) is 18.1 Å². The molecule has 7 heteroatoms. The van der Waals surface area contributed by atoms with Crippen molar-refractivity contribution in [1.82, 2.24) is 4.98 Å². The first-order valence-corrected chi connectivity index (χ1v) is 5.19. The van der Waals surface area contributed by atoms with Gasteiger partial charge >= 0.3 is 5.97 Å². The van der Waals surface area contributed by atoms with Gasteiger partial charge in [0, 0.05) is 12.6 Å². The number of hydrogen-bond acceptors (Lipinski definition) is 5. The number of hydrogen-bond donors (Lipinski definition) is 1. The molecule has 1 N–H and O–H groups in total. The molecule has 1 unspecified atom stereocenters. The van der Waals surface area contributed by atoms with E-state index in [-0.39, 0.29) is 5.69 Å². The Kier molecular flexibility index (Phi) is 2.90. The van der Waals surface area contributed by atoms with E-state index in [4.69, 9.17) is 5.11 Å². The molecule has 7 nitrogen and oxygen atoms in total. The zero-order valence-corrected chi connectivity index (χ0v) is 8.94. The molecule has 2 heterocycles. The maximum absolute atomic E-state index is 11.0. The van der Waals surface area contributed by atoms with Gasteiger partial charge in [-0.1, -0.05) is 0 Å². The summed E-state index contributed by atoms with van der Waals surface area (Å²) < 4.78 is 0. The monoisotopic (exact) mass is 237 g/mol. The van der Waals surface area contributed by atoms with Gasteiger partial charge in [-0.3, -0.25) is 10.1 Å². The number of pyridine rings is 1. The van der Waals surface area contributed by atoms with Gasteiger partial charge in [-0.25, -0.2) is 9.78 Å². The minimum atomic E-state index is -0.886. The van der Waals surface area contributed by atoms with Crippen LogP contribution in [-0.2, 0) is 4.79 Å². The molecule has 1 atom stereocenters. The van der Waals surface area contributed by atoms with Crippen LogP contribution in [0.5, 0.6) is 0 Å². The maximum atomic E-state index is 11.0. The lowest BCUT2D eigenvalue weighted by Crippen LogP contribution is -2.36. The Morgan fingerprint density at radius 1 is 1.59 bits per heavy atom. The van der Waals surface area contributed by atoms with Crippen molar-refractivity contribution in [3.63, 3.8) is 0 Å². The molecule has 17 heavy (non-hydrogen) atoms. The van der Waals surface area contributed by atoms with E-state index in [1.165, 1.54) is 12.1 Å². The van der Waals surface area contributed by atoms with Gasteiger partial charge in [0.25, 0.3) is 5.69 Å². The molecule has 0 saturated carbocycles. The molecule has 0 amide bonds. The zero-order chi connectivity index (χ0) is 12.4. The second kappa shape index (κ2) is 4.36. The van der Waals surface area contributed by atoms with Gasteiger partial charge in [-0.05, 0) is 18.9 Å². The third kappa shape index (κ3) is 2.17. The van der Waals surface area contributed by atoms with Crippen LogP contribution in [0.15, 0.2) is 18.3 Å². The molecule has 1 aromatic rings. The van der Waals surface area contributed by atoms with E-state index < -0.39 is 16.9 Å². The number of nitro groups is 1. The Hall–Kier alpha value is -2.18. The number of anilines is 1. The number of aromatic nitrogens is 1. The van der Waals surface area contributed by atoms with E-state index in [2.05, 4.69) is 4.98 Å². The predicted octanol–water partition coefficient (Wildman–Crippen LogP) is 1.04.